The molecule has 0 amide bonds. The second-order valence-corrected chi connectivity index (χ2v) is 3.59. The lowest BCUT2D eigenvalue weighted by atomic mass is 9.88. The third-order valence-corrected chi connectivity index (χ3v) is 2.58. The molecule has 0 aromatic rings. The van der Waals surface area contributed by atoms with Crippen LogP contribution in [-0.4, -0.2) is 28.8 Å². The third kappa shape index (κ3) is 2.35. The van der Waals surface area contributed by atoms with Crippen molar-refractivity contribution in [3.8, 4) is 0 Å². The first-order valence-corrected chi connectivity index (χ1v) is 4.83. The molecule has 17 heavy (non-hydrogen) atoms. The highest BCUT2D eigenvalue weighted by Gasteiger charge is 2.76. The molecule has 0 radical (unpaired) electrons. The Kier molecular flexibility index (Phi) is 4.47. The van der Waals surface area contributed by atoms with Crippen LogP contribution in [0.2, 0.25) is 0 Å². The van der Waals surface area contributed by atoms with E-state index in [1.165, 1.54) is 0 Å². The highest BCUT2D eigenvalue weighted by molar-refractivity contribution is 5.77. The smallest absolute Gasteiger partial charge is 0.410 e. The first-order valence-electron chi connectivity index (χ1n) is 4.83. The van der Waals surface area contributed by atoms with Crippen LogP contribution in [0.25, 0.3) is 0 Å². The van der Waals surface area contributed by atoms with Gasteiger partial charge in [0.05, 0.1) is 0 Å². The summed E-state index contributed by atoms with van der Waals surface area (Å²) in [5, 5.41) is 7.90. The molecule has 0 aromatic heterocycles. The fourth-order valence-electron chi connectivity index (χ4n) is 1.40. The Morgan fingerprint density at radius 1 is 1.06 bits per heavy atom. The lowest BCUT2D eigenvalue weighted by Gasteiger charge is -2.34. The van der Waals surface area contributed by atoms with Gasteiger partial charge in [-0.1, -0.05) is 13.8 Å². The molecule has 0 rings (SSSR count). The molecule has 0 saturated heterocycles. The number of halogens is 6. The van der Waals surface area contributed by atoms with Gasteiger partial charge in [-0.05, 0) is 12.8 Å². The van der Waals surface area contributed by atoms with Crippen molar-refractivity contribution in [3.05, 3.63) is 0 Å². The molecule has 0 unspecified atom stereocenters. The van der Waals surface area contributed by atoms with Gasteiger partial charge in [0.15, 0.2) is 0 Å². The van der Waals surface area contributed by atoms with Gasteiger partial charge in [0.25, 0.3) is 0 Å². The average Bonchev–Trinajstić information content (AvgIpc) is 2.18. The number of hydrogen-bond acceptors (Lipinski definition) is 1. The molecule has 0 spiro atoms. The third-order valence-electron chi connectivity index (χ3n) is 2.58. The number of alkyl halides is 6. The van der Waals surface area contributed by atoms with Crippen LogP contribution in [0.15, 0.2) is 0 Å². The fraction of sp³-hybridized carbons (Fsp3) is 0.889. The van der Waals surface area contributed by atoms with Crippen molar-refractivity contribution >= 4 is 5.97 Å². The van der Waals surface area contributed by atoms with Crippen molar-refractivity contribution in [2.24, 2.45) is 5.92 Å². The van der Waals surface area contributed by atoms with Gasteiger partial charge in [0.1, 0.15) is 0 Å². The second-order valence-electron chi connectivity index (χ2n) is 3.59. The Labute approximate surface area is 93.6 Å². The maximum atomic E-state index is 13.2. The number of carboxylic acid groups (broad SMARTS) is 1. The van der Waals surface area contributed by atoms with Crippen LogP contribution in [0.1, 0.15) is 26.7 Å². The minimum Gasteiger partial charge on any atom is -0.477 e. The molecule has 0 aliphatic carbocycles. The van der Waals surface area contributed by atoms with E-state index in [0.717, 1.165) is 13.8 Å². The van der Waals surface area contributed by atoms with E-state index in [1.54, 1.807) is 0 Å². The predicted molar refractivity (Wildman–Crippen MR) is 46.5 cm³/mol. The lowest BCUT2D eigenvalue weighted by molar-refractivity contribution is -0.318. The Morgan fingerprint density at radius 2 is 1.41 bits per heavy atom. The maximum Gasteiger partial charge on any atom is 0.410 e. The monoisotopic (exact) mass is 266 g/mol. The van der Waals surface area contributed by atoms with Crippen LogP contribution in [0, 0.1) is 5.92 Å². The van der Waals surface area contributed by atoms with Gasteiger partial charge in [-0.3, -0.25) is 0 Å². The van der Waals surface area contributed by atoms with Crippen molar-refractivity contribution in [3.63, 3.8) is 0 Å². The number of rotatable bonds is 6. The molecule has 2 nitrogen and oxygen atoms in total. The molecule has 1 N–H and O–H groups in total. The zero-order chi connectivity index (χ0) is 14.1. The van der Waals surface area contributed by atoms with E-state index in [-0.39, 0.29) is 0 Å². The van der Waals surface area contributed by atoms with E-state index in [2.05, 4.69) is 0 Å². The van der Waals surface area contributed by atoms with Gasteiger partial charge >= 0.3 is 23.7 Å². The molecule has 0 bridgehead atoms. The lowest BCUT2D eigenvalue weighted by Crippen LogP contribution is -2.60. The minimum atomic E-state index is -5.93. The first kappa shape index (κ1) is 16.1. The average molecular weight is 266 g/mol. The van der Waals surface area contributed by atoms with Crippen LogP contribution < -0.4 is 0 Å². The van der Waals surface area contributed by atoms with Gasteiger partial charge < -0.3 is 5.11 Å². The van der Waals surface area contributed by atoms with E-state index in [1.807, 2.05) is 0 Å². The van der Waals surface area contributed by atoms with Crippen LogP contribution in [0.3, 0.4) is 0 Å². The SMILES string of the molecule is CCC(CC)C(F)(F)C(F)(F)C(F)(F)C(=O)O. The van der Waals surface area contributed by atoms with Gasteiger partial charge in [0, 0.05) is 5.92 Å². The molecule has 0 aromatic carbocycles. The number of carbonyl (C=O) groups is 1. The standard InChI is InChI=1S/C9H12F6O2/c1-3-5(4-2)7(10,11)9(14,15)8(12,13)6(16)17/h5H,3-4H2,1-2H3,(H,16,17). The Balaban J connectivity index is 5.50. The van der Waals surface area contributed by atoms with Crippen molar-refractivity contribution in [2.75, 3.05) is 0 Å². The van der Waals surface area contributed by atoms with Gasteiger partial charge in [-0.2, -0.15) is 26.3 Å². The molecule has 0 aliphatic rings. The van der Waals surface area contributed by atoms with Crippen LogP contribution in [0.5, 0.6) is 0 Å². The molecule has 8 heteroatoms. The normalized spacial score (nSPS) is 14.2. The highest BCUT2D eigenvalue weighted by Crippen LogP contribution is 2.50. The largest absolute Gasteiger partial charge is 0.477 e. The molecular weight excluding hydrogens is 254 g/mol. The van der Waals surface area contributed by atoms with Gasteiger partial charge in [-0.15, -0.1) is 0 Å². The Morgan fingerprint density at radius 3 is 1.65 bits per heavy atom. The first-order chi connectivity index (χ1) is 7.46. The predicted octanol–water partition coefficient (Wildman–Crippen LogP) is 3.41. The van der Waals surface area contributed by atoms with Crippen molar-refractivity contribution in [1.29, 1.82) is 0 Å². The van der Waals surface area contributed by atoms with Crippen LogP contribution >= 0.6 is 0 Å². The van der Waals surface area contributed by atoms with E-state index in [0.29, 0.717) is 0 Å². The molecule has 0 saturated carbocycles. The van der Waals surface area contributed by atoms with E-state index in [4.69, 9.17) is 5.11 Å². The number of carboxylic acids is 1. The number of hydrogen-bond donors (Lipinski definition) is 1. The van der Waals surface area contributed by atoms with E-state index in [9.17, 15) is 31.1 Å². The Bertz CT molecular complexity index is 285. The quantitative estimate of drug-likeness (QED) is 0.748. The van der Waals surface area contributed by atoms with Crippen LogP contribution in [0.4, 0.5) is 26.3 Å². The van der Waals surface area contributed by atoms with Crippen molar-refractivity contribution in [1.82, 2.24) is 0 Å². The fourth-order valence-corrected chi connectivity index (χ4v) is 1.40. The summed E-state index contributed by atoms with van der Waals surface area (Å²) in [6.07, 6.45) is -0.927. The molecule has 0 aliphatic heterocycles. The van der Waals surface area contributed by atoms with Crippen molar-refractivity contribution < 1.29 is 36.2 Å². The summed E-state index contributed by atoms with van der Waals surface area (Å²) in [6, 6.07) is 0. The molecule has 102 valence electrons. The molecule has 0 heterocycles. The highest BCUT2D eigenvalue weighted by atomic mass is 19.3. The summed E-state index contributed by atoms with van der Waals surface area (Å²) in [4.78, 5) is 9.95. The van der Waals surface area contributed by atoms with Gasteiger partial charge in [0.2, 0.25) is 0 Å². The molecular formula is C9H12F6O2. The second kappa shape index (κ2) is 4.73. The summed E-state index contributed by atoms with van der Waals surface area (Å²) in [5.74, 6) is -22.1. The summed E-state index contributed by atoms with van der Waals surface area (Å²) in [7, 11) is 0. The zero-order valence-electron chi connectivity index (χ0n) is 9.11. The topological polar surface area (TPSA) is 37.3 Å². The van der Waals surface area contributed by atoms with Crippen molar-refractivity contribution in [2.45, 2.75) is 44.5 Å². The summed E-state index contributed by atoms with van der Waals surface area (Å²) >= 11 is 0. The van der Waals surface area contributed by atoms with E-state index >= 15 is 0 Å². The van der Waals surface area contributed by atoms with E-state index < -0.39 is 42.5 Å². The molecule has 0 atom stereocenters. The summed E-state index contributed by atoms with van der Waals surface area (Å²) in [5.41, 5.74) is 0. The minimum absolute atomic E-state index is 0.464. The van der Waals surface area contributed by atoms with Gasteiger partial charge in [-0.25, -0.2) is 4.79 Å². The molecule has 0 fully saturated rings. The summed E-state index contributed by atoms with van der Waals surface area (Å²) < 4.78 is 77.7. The number of aliphatic carboxylic acids is 1. The van der Waals surface area contributed by atoms with Crippen LogP contribution in [-0.2, 0) is 4.79 Å². The zero-order valence-corrected chi connectivity index (χ0v) is 9.11. The maximum absolute atomic E-state index is 13.2. The Hall–Kier alpha value is -0.950. The summed E-state index contributed by atoms with van der Waals surface area (Å²) in [6.45, 7) is 2.27.